The van der Waals surface area contributed by atoms with Gasteiger partial charge < -0.3 is 14.8 Å². The number of aryl methyl sites for hydroxylation is 1. The number of halogens is 2. The Morgan fingerprint density at radius 1 is 1.26 bits per heavy atom. The average Bonchev–Trinajstić information content (AvgIpc) is 3.28. The molecule has 10 heteroatoms. The summed E-state index contributed by atoms with van der Waals surface area (Å²) in [6.45, 7) is 6.42. The Morgan fingerprint density at radius 3 is 2.74 bits per heavy atom. The third-order valence-corrected chi connectivity index (χ3v) is 6.14. The number of fused-ring (bicyclic) bond motifs is 1. The number of carbonyl (C=O) groups excluding carboxylic acids is 1. The molecule has 0 aromatic carbocycles. The van der Waals surface area contributed by atoms with E-state index in [0.29, 0.717) is 12.3 Å². The highest BCUT2D eigenvalue weighted by Gasteiger charge is 2.28. The lowest BCUT2D eigenvalue weighted by Gasteiger charge is -2.32. The zero-order chi connectivity index (χ0) is 17.2. The van der Waals surface area contributed by atoms with E-state index in [9.17, 15) is 4.79 Å². The minimum atomic E-state index is 0. The minimum absolute atomic E-state index is 0. The summed E-state index contributed by atoms with van der Waals surface area (Å²) in [5.41, 5.74) is 0.910. The largest absolute Gasteiger partial charge is 0.342 e. The highest BCUT2D eigenvalue weighted by molar-refractivity contribution is 7.09. The smallest absolute Gasteiger partial charge is 0.228 e. The number of piperidine rings is 1. The van der Waals surface area contributed by atoms with Gasteiger partial charge in [0.1, 0.15) is 11.6 Å². The van der Waals surface area contributed by atoms with Gasteiger partial charge in [0.2, 0.25) is 5.91 Å². The Bertz CT molecular complexity index is 756. The maximum Gasteiger partial charge on any atom is 0.228 e. The molecule has 1 fully saturated rings. The van der Waals surface area contributed by atoms with Crippen molar-refractivity contribution in [2.24, 2.45) is 0 Å². The lowest BCUT2D eigenvalue weighted by atomic mass is 9.95. The van der Waals surface area contributed by atoms with E-state index < -0.39 is 0 Å². The molecule has 2 aliphatic rings. The molecule has 7 nitrogen and oxygen atoms in total. The van der Waals surface area contributed by atoms with Crippen molar-refractivity contribution in [2.75, 3.05) is 19.6 Å². The zero-order valence-electron chi connectivity index (χ0n) is 15.4. The third-order valence-electron chi connectivity index (χ3n) is 5.10. The quantitative estimate of drug-likeness (QED) is 0.800. The number of likely N-dealkylation sites (tertiary alicyclic amines) is 1. The SMILES string of the molecule is CCc1nc(CC(=O)N2CCC(c3nnc4n3CCNC4)CC2)cs1.Cl.Cl. The molecule has 1 N–H and O–H groups in total. The highest BCUT2D eigenvalue weighted by atomic mass is 35.5. The Hall–Kier alpha value is -1.22. The second-order valence-electron chi connectivity index (χ2n) is 6.72. The van der Waals surface area contributed by atoms with E-state index in [2.05, 4.69) is 32.0 Å². The van der Waals surface area contributed by atoms with E-state index in [0.717, 1.165) is 74.3 Å². The normalized spacial score (nSPS) is 17.0. The molecule has 2 aliphatic heterocycles. The minimum Gasteiger partial charge on any atom is -0.342 e. The monoisotopic (exact) mass is 432 g/mol. The van der Waals surface area contributed by atoms with Gasteiger partial charge in [-0.25, -0.2) is 4.98 Å². The molecule has 4 heterocycles. The molecule has 0 radical (unpaired) electrons. The third kappa shape index (κ3) is 4.80. The van der Waals surface area contributed by atoms with Gasteiger partial charge in [-0.2, -0.15) is 0 Å². The summed E-state index contributed by atoms with van der Waals surface area (Å²) in [6.07, 6.45) is 3.29. The van der Waals surface area contributed by atoms with E-state index in [1.807, 2.05) is 10.3 Å². The van der Waals surface area contributed by atoms with Gasteiger partial charge in [-0.1, -0.05) is 6.92 Å². The lowest BCUT2D eigenvalue weighted by Crippen LogP contribution is -2.39. The van der Waals surface area contributed by atoms with Crippen LogP contribution in [-0.4, -0.2) is 50.2 Å². The fourth-order valence-electron chi connectivity index (χ4n) is 3.66. The molecule has 0 unspecified atom stereocenters. The van der Waals surface area contributed by atoms with Crippen LogP contribution in [0, 0.1) is 0 Å². The number of hydrogen-bond acceptors (Lipinski definition) is 6. The predicted octanol–water partition coefficient (Wildman–Crippen LogP) is 2.19. The van der Waals surface area contributed by atoms with E-state index >= 15 is 0 Å². The number of carbonyl (C=O) groups is 1. The van der Waals surface area contributed by atoms with E-state index in [1.54, 1.807) is 11.3 Å². The van der Waals surface area contributed by atoms with Gasteiger partial charge in [-0.05, 0) is 19.3 Å². The Balaban J connectivity index is 0.00000131. The van der Waals surface area contributed by atoms with Crippen molar-refractivity contribution in [3.8, 4) is 0 Å². The summed E-state index contributed by atoms with van der Waals surface area (Å²) >= 11 is 1.64. The first-order chi connectivity index (χ1) is 12.2. The molecule has 2 aromatic rings. The van der Waals surface area contributed by atoms with Gasteiger partial charge in [-0.15, -0.1) is 46.3 Å². The summed E-state index contributed by atoms with van der Waals surface area (Å²) in [7, 11) is 0. The van der Waals surface area contributed by atoms with Crippen LogP contribution in [0.2, 0.25) is 0 Å². The van der Waals surface area contributed by atoms with Gasteiger partial charge in [-0.3, -0.25) is 4.79 Å². The molecule has 4 rings (SSSR count). The van der Waals surface area contributed by atoms with Gasteiger partial charge in [0, 0.05) is 37.5 Å². The summed E-state index contributed by atoms with van der Waals surface area (Å²) < 4.78 is 2.26. The molecule has 1 amide bonds. The van der Waals surface area contributed by atoms with Crippen LogP contribution in [0.15, 0.2) is 5.38 Å². The molecular weight excluding hydrogens is 407 g/mol. The molecule has 0 atom stereocenters. The molecule has 150 valence electrons. The van der Waals surface area contributed by atoms with Crippen molar-refractivity contribution < 1.29 is 4.79 Å². The molecule has 0 bridgehead atoms. The molecule has 1 saturated heterocycles. The molecule has 0 spiro atoms. The first kappa shape index (κ1) is 22.1. The van der Waals surface area contributed by atoms with Gasteiger partial charge >= 0.3 is 0 Å². The Morgan fingerprint density at radius 2 is 2.04 bits per heavy atom. The summed E-state index contributed by atoms with van der Waals surface area (Å²) in [4.78, 5) is 19.0. The van der Waals surface area contributed by atoms with Crippen LogP contribution in [0.4, 0.5) is 0 Å². The maximum atomic E-state index is 12.5. The van der Waals surface area contributed by atoms with Gasteiger partial charge in [0.05, 0.1) is 23.7 Å². The summed E-state index contributed by atoms with van der Waals surface area (Å²) in [5, 5.41) is 15.2. The second kappa shape index (κ2) is 9.82. The van der Waals surface area contributed by atoms with Crippen LogP contribution in [-0.2, 0) is 30.7 Å². The van der Waals surface area contributed by atoms with Crippen molar-refractivity contribution in [2.45, 2.75) is 51.6 Å². The van der Waals surface area contributed by atoms with Crippen LogP contribution in [0.3, 0.4) is 0 Å². The van der Waals surface area contributed by atoms with Crippen LogP contribution < -0.4 is 5.32 Å². The van der Waals surface area contributed by atoms with Crippen LogP contribution >= 0.6 is 36.2 Å². The number of nitrogens with zero attached hydrogens (tertiary/aromatic N) is 5. The second-order valence-corrected chi connectivity index (χ2v) is 7.66. The molecule has 2 aromatic heterocycles. The maximum absolute atomic E-state index is 12.5. The first-order valence-corrected chi connectivity index (χ1v) is 9.96. The number of nitrogens with one attached hydrogen (secondary N) is 1. The zero-order valence-corrected chi connectivity index (χ0v) is 17.8. The van der Waals surface area contributed by atoms with Crippen molar-refractivity contribution in [3.63, 3.8) is 0 Å². The fraction of sp³-hybridized carbons (Fsp3) is 0.647. The van der Waals surface area contributed by atoms with E-state index in [1.165, 1.54) is 0 Å². The summed E-state index contributed by atoms with van der Waals surface area (Å²) in [5.74, 6) is 2.75. The fourth-order valence-corrected chi connectivity index (χ4v) is 4.41. The van der Waals surface area contributed by atoms with Crippen molar-refractivity contribution >= 4 is 42.1 Å². The van der Waals surface area contributed by atoms with E-state index in [-0.39, 0.29) is 30.7 Å². The van der Waals surface area contributed by atoms with Crippen molar-refractivity contribution in [3.05, 3.63) is 27.7 Å². The standard InChI is InChI=1S/C17H24N6OS.2ClH/c1-2-15-19-13(11-25-15)9-16(24)22-6-3-12(4-7-22)17-21-20-14-10-18-5-8-23(14)17;;/h11-12,18H,2-10H2,1H3;2*1H. The highest BCUT2D eigenvalue weighted by Crippen LogP contribution is 2.28. The molecule has 0 aliphatic carbocycles. The average molecular weight is 433 g/mol. The number of hydrogen-bond donors (Lipinski definition) is 1. The van der Waals surface area contributed by atoms with Crippen LogP contribution in [0.1, 0.15) is 48.0 Å². The van der Waals surface area contributed by atoms with E-state index in [4.69, 9.17) is 0 Å². The summed E-state index contributed by atoms with van der Waals surface area (Å²) in [6, 6.07) is 0. The molecule has 0 saturated carbocycles. The van der Waals surface area contributed by atoms with Gasteiger partial charge in [0.25, 0.3) is 0 Å². The van der Waals surface area contributed by atoms with Crippen molar-refractivity contribution in [1.29, 1.82) is 0 Å². The van der Waals surface area contributed by atoms with Gasteiger partial charge in [0.15, 0.2) is 0 Å². The van der Waals surface area contributed by atoms with Crippen molar-refractivity contribution in [1.82, 2.24) is 30.0 Å². The molecule has 27 heavy (non-hydrogen) atoms. The van der Waals surface area contributed by atoms with Crippen LogP contribution in [0.25, 0.3) is 0 Å². The Kier molecular flexibility index (Phi) is 8.03. The van der Waals surface area contributed by atoms with Crippen LogP contribution in [0.5, 0.6) is 0 Å². The number of thiazole rings is 1. The number of amides is 1. The number of rotatable bonds is 4. The topological polar surface area (TPSA) is 75.9 Å². The Labute approximate surface area is 175 Å². The lowest BCUT2D eigenvalue weighted by molar-refractivity contribution is -0.131. The predicted molar refractivity (Wildman–Crippen MR) is 110 cm³/mol. The number of aromatic nitrogens is 4. The molecular formula is C17H26Cl2N6OS. The first-order valence-electron chi connectivity index (χ1n) is 9.08.